The summed E-state index contributed by atoms with van der Waals surface area (Å²) in [6.07, 6.45) is 3.97. The van der Waals surface area contributed by atoms with Gasteiger partial charge in [-0.05, 0) is 48.2 Å². The van der Waals surface area contributed by atoms with Crippen LogP contribution < -0.4 is 10.5 Å². The number of aryl methyl sites for hydroxylation is 2. The number of anilines is 1. The van der Waals surface area contributed by atoms with Crippen LogP contribution >= 0.6 is 11.3 Å². The molecule has 1 aromatic carbocycles. The zero-order valence-electron chi connectivity index (χ0n) is 13.0. The number of nitrogens with zero attached hydrogens (tertiary/aromatic N) is 2. The highest BCUT2D eigenvalue weighted by Gasteiger charge is 2.11. The molecular formula is C17H19N3OS. The van der Waals surface area contributed by atoms with Gasteiger partial charge >= 0.3 is 0 Å². The lowest BCUT2D eigenvalue weighted by Gasteiger charge is -2.13. The Labute approximate surface area is 134 Å². The molecule has 2 N–H and O–H groups in total. The largest absolute Gasteiger partial charge is 0.496 e. The Bertz CT molecular complexity index is 826. The highest BCUT2D eigenvalue weighted by molar-refractivity contribution is 7.21. The van der Waals surface area contributed by atoms with E-state index >= 15 is 0 Å². The molecule has 0 aliphatic carbocycles. The Hall–Kier alpha value is -2.14. The molecule has 0 saturated heterocycles. The molecule has 0 radical (unpaired) electrons. The fraction of sp³-hybridized carbons (Fsp3) is 0.294. The van der Waals surface area contributed by atoms with E-state index in [0.717, 1.165) is 45.6 Å². The molecule has 5 heteroatoms. The Morgan fingerprint density at radius 3 is 2.77 bits per heavy atom. The third kappa shape index (κ3) is 2.64. The van der Waals surface area contributed by atoms with Crippen LogP contribution in [-0.2, 0) is 6.42 Å². The summed E-state index contributed by atoms with van der Waals surface area (Å²) in [5, 5.41) is 0.553. The van der Waals surface area contributed by atoms with Crippen molar-refractivity contribution in [3.8, 4) is 16.9 Å². The maximum atomic E-state index is 5.76. The number of ether oxygens (including phenoxy) is 1. The molecule has 3 aromatic rings. The van der Waals surface area contributed by atoms with Gasteiger partial charge in [-0.25, -0.2) is 9.97 Å². The Morgan fingerprint density at radius 2 is 2.05 bits per heavy atom. The van der Waals surface area contributed by atoms with Gasteiger partial charge in [-0.15, -0.1) is 0 Å². The first-order valence-electron chi connectivity index (χ1n) is 7.32. The molecule has 0 amide bonds. The molecule has 0 saturated carbocycles. The summed E-state index contributed by atoms with van der Waals surface area (Å²) < 4.78 is 5.55. The second-order valence-electron chi connectivity index (χ2n) is 5.34. The Balaban J connectivity index is 2.12. The van der Waals surface area contributed by atoms with E-state index in [0.29, 0.717) is 5.13 Å². The normalized spacial score (nSPS) is 11.0. The van der Waals surface area contributed by atoms with Gasteiger partial charge in [-0.3, -0.25) is 0 Å². The number of nitrogens with two attached hydrogens (primary N) is 1. The van der Waals surface area contributed by atoms with Gasteiger partial charge in [0.05, 0.1) is 7.11 Å². The van der Waals surface area contributed by atoms with Crippen molar-refractivity contribution in [2.24, 2.45) is 0 Å². The van der Waals surface area contributed by atoms with Crippen LogP contribution in [0.25, 0.3) is 21.5 Å². The average Bonchev–Trinajstić information content (AvgIpc) is 2.86. The van der Waals surface area contributed by atoms with E-state index in [1.165, 1.54) is 16.9 Å². The van der Waals surface area contributed by atoms with Crippen LogP contribution in [0.4, 0.5) is 5.13 Å². The molecule has 114 valence electrons. The Morgan fingerprint density at radius 1 is 1.23 bits per heavy atom. The Kier molecular flexibility index (Phi) is 3.98. The fourth-order valence-electron chi connectivity index (χ4n) is 2.76. The first-order chi connectivity index (χ1) is 10.6. The van der Waals surface area contributed by atoms with Crippen LogP contribution in [0.2, 0.25) is 0 Å². The number of hydrogen-bond donors (Lipinski definition) is 1. The maximum Gasteiger partial charge on any atom is 0.182 e. The molecule has 2 heterocycles. The molecule has 3 rings (SSSR count). The van der Waals surface area contributed by atoms with Crippen molar-refractivity contribution < 1.29 is 4.74 Å². The molecule has 2 aromatic heterocycles. The van der Waals surface area contributed by atoms with E-state index in [1.54, 1.807) is 7.11 Å². The molecule has 0 aliphatic heterocycles. The third-order valence-electron chi connectivity index (χ3n) is 3.67. The monoisotopic (exact) mass is 313 g/mol. The van der Waals surface area contributed by atoms with Gasteiger partial charge in [0.2, 0.25) is 0 Å². The van der Waals surface area contributed by atoms with E-state index < -0.39 is 0 Å². The number of thiazole rings is 1. The average molecular weight is 313 g/mol. The second-order valence-corrected chi connectivity index (χ2v) is 6.34. The highest BCUT2D eigenvalue weighted by Crippen LogP contribution is 2.33. The number of nitrogen functional groups attached to an aromatic ring is 1. The van der Waals surface area contributed by atoms with Crippen molar-refractivity contribution in [2.45, 2.75) is 26.7 Å². The van der Waals surface area contributed by atoms with Crippen LogP contribution in [0.3, 0.4) is 0 Å². The van der Waals surface area contributed by atoms with Crippen molar-refractivity contribution in [1.82, 2.24) is 9.97 Å². The summed E-state index contributed by atoms with van der Waals surface area (Å²) in [6, 6.07) is 6.37. The summed E-state index contributed by atoms with van der Waals surface area (Å²) >= 11 is 1.41. The minimum absolute atomic E-state index is 0.553. The number of pyridine rings is 1. The molecule has 4 nitrogen and oxygen atoms in total. The van der Waals surface area contributed by atoms with Gasteiger partial charge in [0, 0.05) is 11.8 Å². The molecule has 0 spiro atoms. The molecule has 0 aliphatic rings. The van der Waals surface area contributed by atoms with Crippen molar-refractivity contribution >= 4 is 26.8 Å². The van der Waals surface area contributed by atoms with E-state index in [4.69, 9.17) is 10.5 Å². The molecule has 0 bridgehead atoms. The minimum atomic E-state index is 0.553. The summed E-state index contributed by atoms with van der Waals surface area (Å²) in [4.78, 5) is 9.67. The van der Waals surface area contributed by atoms with Crippen LogP contribution in [0.15, 0.2) is 24.4 Å². The van der Waals surface area contributed by atoms with Gasteiger partial charge in [0.15, 0.2) is 5.13 Å². The summed E-state index contributed by atoms with van der Waals surface area (Å²) in [7, 11) is 1.73. The predicted molar refractivity (Wildman–Crippen MR) is 92.5 cm³/mol. The predicted octanol–water partition coefficient (Wildman–Crippen LogP) is 4.21. The molecule has 0 atom stereocenters. The smallest absolute Gasteiger partial charge is 0.182 e. The lowest BCUT2D eigenvalue weighted by atomic mass is 9.98. The highest BCUT2D eigenvalue weighted by atomic mass is 32.1. The molecular weight excluding hydrogens is 294 g/mol. The van der Waals surface area contributed by atoms with Crippen molar-refractivity contribution in [2.75, 3.05) is 12.8 Å². The minimum Gasteiger partial charge on any atom is -0.496 e. The fourth-order valence-corrected chi connectivity index (χ4v) is 3.42. The van der Waals surface area contributed by atoms with Gasteiger partial charge < -0.3 is 10.5 Å². The van der Waals surface area contributed by atoms with Gasteiger partial charge in [-0.1, -0.05) is 24.7 Å². The number of aromatic nitrogens is 2. The molecule has 0 fully saturated rings. The summed E-state index contributed by atoms with van der Waals surface area (Å²) in [6.45, 7) is 4.25. The first kappa shape index (κ1) is 14.8. The van der Waals surface area contributed by atoms with Gasteiger partial charge in [0.25, 0.3) is 0 Å². The van der Waals surface area contributed by atoms with Gasteiger partial charge in [0.1, 0.15) is 16.1 Å². The van der Waals surface area contributed by atoms with Crippen molar-refractivity contribution in [3.05, 3.63) is 35.5 Å². The van der Waals surface area contributed by atoms with Gasteiger partial charge in [-0.2, -0.15) is 0 Å². The molecule has 22 heavy (non-hydrogen) atoms. The zero-order chi connectivity index (χ0) is 15.7. The van der Waals surface area contributed by atoms with Crippen LogP contribution in [0.5, 0.6) is 5.75 Å². The van der Waals surface area contributed by atoms with Crippen molar-refractivity contribution in [3.63, 3.8) is 0 Å². The third-order valence-corrected chi connectivity index (χ3v) is 4.48. The SMILES string of the molecule is CCCc1cc(-c2cnc3sc(N)nc3c2)cc(C)c1OC. The number of methoxy groups -OCH3 is 1. The van der Waals surface area contributed by atoms with Crippen LogP contribution in [0, 0.1) is 6.92 Å². The summed E-state index contributed by atoms with van der Waals surface area (Å²) in [5.41, 5.74) is 11.2. The van der Waals surface area contributed by atoms with Crippen LogP contribution in [-0.4, -0.2) is 17.1 Å². The van der Waals surface area contributed by atoms with E-state index in [9.17, 15) is 0 Å². The molecule has 0 unspecified atom stereocenters. The van der Waals surface area contributed by atoms with E-state index in [-0.39, 0.29) is 0 Å². The topological polar surface area (TPSA) is 61.0 Å². The zero-order valence-corrected chi connectivity index (χ0v) is 13.8. The summed E-state index contributed by atoms with van der Waals surface area (Å²) in [5.74, 6) is 0.984. The van der Waals surface area contributed by atoms with E-state index in [1.807, 2.05) is 12.3 Å². The van der Waals surface area contributed by atoms with Crippen LogP contribution in [0.1, 0.15) is 24.5 Å². The first-order valence-corrected chi connectivity index (χ1v) is 8.14. The maximum absolute atomic E-state index is 5.76. The number of rotatable bonds is 4. The van der Waals surface area contributed by atoms with E-state index in [2.05, 4.69) is 35.9 Å². The number of benzene rings is 1. The number of fused-ring (bicyclic) bond motifs is 1. The number of hydrogen-bond acceptors (Lipinski definition) is 5. The van der Waals surface area contributed by atoms with Crippen molar-refractivity contribution in [1.29, 1.82) is 0 Å². The standard InChI is InChI=1S/C17H19N3OS/c1-4-5-11-7-12(6-10(2)15(11)21-3)13-8-14-16(19-9-13)22-17(18)20-14/h6-9H,4-5H2,1-3H3,(H2,18,20). The lowest BCUT2D eigenvalue weighted by molar-refractivity contribution is 0.406. The lowest BCUT2D eigenvalue weighted by Crippen LogP contribution is -1.96. The second kappa shape index (κ2) is 5.93. The quantitative estimate of drug-likeness (QED) is 0.783.